The van der Waals surface area contributed by atoms with Crippen molar-refractivity contribution >= 4 is 5.91 Å². The minimum Gasteiger partial charge on any atom is -0.356 e. The Morgan fingerprint density at radius 1 is 1.15 bits per heavy atom. The molecule has 0 bridgehead atoms. The number of nitrogens with zero attached hydrogens (tertiary/aromatic N) is 4. The summed E-state index contributed by atoms with van der Waals surface area (Å²) in [5, 5.41) is 3.99. The van der Waals surface area contributed by atoms with Gasteiger partial charge in [-0.1, -0.05) is 23.4 Å². The molecule has 138 valence electrons. The summed E-state index contributed by atoms with van der Waals surface area (Å²) in [6, 6.07) is 11.4. The Labute approximate surface area is 158 Å². The molecule has 6 heteroatoms. The van der Waals surface area contributed by atoms with Crippen LogP contribution in [0.1, 0.15) is 46.3 Å². The maximum Gasteiger partial charge on any atom is 0.253 e. The van der Waals surface area contributed by atoms with Crippen LogP contribution >= 0.6 is 0 Å². The van der Waals surface area contributed by atoms with E-state index in [0.29, 0.717) is 5.76 Å². The minimum atomic E-state index is 0.0963. The summed E-state index contributed by atoms with van der Waals surface area (Å²) in [6.07, 6.45) is 3.56. The standard InChI is InChI=1S/C21H22N4O2/c1-14-12-19(27-24-14)18-13-22-15(2)23-20(18)16-8-10-25(11-9-16)21(26)17-6-4-3-5-7-17/h3-7,12-13,16H,8-11H2,1-2H3. The number of carbonyl (C=O) groups excluding carboxylic acids is 1. The van der Waals surface area contributed by atoms with Gasteiger partial charge in [0, 0.05) is 36.8 Å². The Balaban J connectivity index is 1.53. The molecule has 0 aliphatic carbocycles. The number of aryl methyl sites for hydroxylation is 2. The highest BCUT2D eigenvalue weighted by Gasteiger charge is 2.28. The molecule has 1 amide bonds. The van der Waals surface area contributed by atoms with Gasteiger partial charge in [-0.2, -0.15) is 0 Å². The SMILES string of the molecule is Cc1cc(-c2cnc(C)nc2C2CCN(C(=O)c3ccccc3)CC2)on1. The molecule has 1 aromatic carbocycles. The van der Waals surface area contributed by atoms with Gasteiger partial charge in [0.1, 0.15) is 5.82 Å². The first-order valence-electron chi connectivity index (χ1n) is 9.23. The second-order valence-corrected chi connectivity index (χ2v) is 6.98. The van der Waals surface area contributed by atoms with E-state index in [1.807, 2.05) is 61.3 Å². The number of aromatic nitrogens is 3. The van der Waals surface area contributed by atoms with Crippen LogP contribution in [-0.4, -0.2) is 39.0 Å². The number of hydrogen-bond donors (Lipinski definition) is 0. The van der Waals surface area contributed by atoms with Gasteiger partial charge in [-0.05, 0) is 38.8 Å². The van der Waals surface area contributed by atoms with Crippen molar-refractivity contribution in [3.05, 3.63) is 65.4 Å². The first kappa shape index (κ1) is 17.4. The third-order valence-corrected chi connectivity index (χ3v) is 5.02. The summed E-state index contributed by atoms with van der Waals surface area (Å²) >= 11 is 0. The van der Waals surface area contributed by atoms with Crippen molar-refractivity contribution in [2.45, 2.75) is 32.6 Å². The zero-order chi connectivity index (χ0) is 18.8. The molecule has 0 radical (unpaired) electrons. The predicted octanol–water partition coefficient (Wildman–Crippen LogP) is 3.77. The zero-order valence-electron chi connectivity index (χ0n) is 15.6. The fraction of sp³-hybridized carbons (Fsp3) is 0.333. The maximum atomic E-state index is 12.7. The van der Waals surface area contributed by atoms with Crippen LogP contribution in [0.4, 0.5) is 0 Å². The van der Waals surface area contributed by atoms with Crippen LogP contribution in [0.15, 0.2) is 47.1 Å². The molecule has 4 rings (SSSR count). The molecule has 0 unspecified atom stereocenters. The summed E-state index contributed by atoms with van der Waals surface area (Å²) in [7, 11) is 0. The number of amides is 1. The molecule has 3 heterocycles. The van der Waals surface area contributed by atoms with Gasteiger partial charge in [0.05, 0.1) is 17.0 Å². The summed E-state index contributed by atoms with van der Waals surface area (Å²) < 4.78 is 5.44. The number of rotatable bonds is 3. The highest BCUT2D eigenvalue weighted by atomic mass is 16.5. The first-order chi connectivity index (χ1) is 13.1. The van der Waals surface area contributed by atoms with Crippen LogP contribution in [0, 0.1) is 13.8 Å². The molecular formula is C21H22N4O2. The van der Waals surface area contributed by atoms with Gasteiger partial charge in [-0.25, -0.2) is 9.97 Å². The number of piperidine rings is 1. The second kappa shape index (κ2) is 7.31. The fourth-order valence-electron chi connectivity index (χ4n) is 3.60. The van der Waals surface area contributed by atoms with Crippen molar-refractivity contribution in [2.75, 3.05) is 13.1 Å². The summed E-state index contributed by atoms with van der Waals surface area (Å²) in [6.45, 7) is 5.23. The van der Waals surface area contributed by atoms with E-state index in [-0.39, 0.29) is 11.8 Å². The molecule has 1 aliphatic heterocycles. The second-order valence-electron chi connectivity index (χ2n) is 6.98. The zero-order valence-corrected chi connectivity index (χ0v) is 15.6. The smallest absolute Gasteiger partial charge is 0.253 e. The Morgan fingerprint density at radius 2 is 1.89 bits per heavy atom. The lowest BCUT2D eigenvalue weighted by Crippen LogP contribution is -2.38. The number of likely N-dealkylation sites (tertiary alicyclic amines) is 1. The summed E-state index contributed by atoms with van der Waals surface area (Å²) in [4.78, 5) is 23.6. The highest BCUT2D eigenvalue weighted by Crippen LogP contribution is 2.34. The van der Waals surface area contributed by atoms with Gasteiger partial charge in [-0.3, -0.25) is 4.79 Å². The lowest BCUT2D eigenvalue weighted by atomic mass is 9.90. The molecule has 0 atom stereocenters. The van der Waals surface area contributed by atoms with E-state index in [1.54, 1.807) is 0 Å². The Hall–Kier alpha value is -3.02. The van der Waals surface area contributed by atoms with Crippen molar-refractivity contribution in [3.63, 3.8) is 0 Å². The van der Waals surface area contributed by atoms with Crippen LogP contribution in [0.2, 0.25) is 0 Å². The summed E-state index contributed by atoms with van der Waals surface area (Å²) in [5.74, 6) is 1.81. The van der Waals surface area contributed by atoms with E-state index < -0.39 is 0 Å². The van der Waals surface area contributed by atoms with E-state index in [0.717, 1.165) is 54.3 Å². The average molecular weight is 362 g/mol. The Kier molecular flexibility index (Phi) is 4.71. The molecule has 6 nitrogen and oxygen atoms in total. The molecular weight excluding hydrogens is 340 g/mol. The quantitative estimate of drug-likeness (QED) is 0.709. The molecule has 0 spiro atoms. The third-order valence-electron chi connectivity index (χ3n) is 5.02. The van der Waals surface area contributed by atoms with E-state index in [9.17, 15) is 4.79 Å². The predicted molar refractivity (Wildman–Crippen MR) is 101 cm³/mol. The largest absolute Gasteiger partial charge is 0.356 e. The van der Waals surface area contributed by atoms with Gasteiger partial charge < -0.3 is 9.42 Å². The lowest BCUT2D eigenvalue weighted by molar-refractivity contribution is 0.0712. The number of hydrogen-bond acceptors (Lipinski definition) is 5. The Bertz CT molecular complexity index is 944. The molecule has 0 saturated carbocycles. The molecule has 1 saturated heterocycles. The summed E-state index contributed by atoms with van der Waals surface area (Å²) in [5.41, 5.74) is 3.46. The molecule has 1 aliphatic rings. The monoisotopic (exact) mass is 362 g/mol. The van der Waals surface area contributed by atoms with Gasteiger partial charge >= 0.3 is 0 Å². The number of carbonyl (C=O) groups is 1. The Morgan fingerprint density at radius 3 is 2.56 bits per heavy atom. The first-order valence-corrected chi connectivity index (χ1v) is 9.23. The van der Waals surface area contributed by atoms with Crippen molar-refractivity contribution in [1.82, 2.24) is 20.0 Å². The van der Waals surface area contributed by atoms with E-state index in [1.165, 1.54) is 0 Å². The van der Waals surface area contributed by atoms with Gasteiger partial charge in [0.15, 0.2) is 5.76 Å². The van der Waals surface area contributed by atoms with Crippen LogP contribution in [-0.2, 0) is 0 Å². The van der Waals surface area contributed by atoms with E-state index >= 15 is 0 Å². The van der Waals surface area contributed by atoms with Gasteiger partial charge in [-0.15, -0.1) is 0 Å². The topological polar surface area (TPSA) is 72.1 Å². The fourth-order valence-corrected chi connectivity index (χ4v) is 3.60. The van der Waals surface area contributed by atoms with Crippen molar-refractivity contribution in [1.29, 1.82) is 0 Å². The van der Waals surface area contributed by atoms with E-state index in [4.69, 9.17) is 9.51 Å². The minimum absolute atomic E-state index is 0.0963. The van der Waals surface area contributed by atoms with Crippen LogP contribution in [0.25, 0.3) is 11.3 Å². The van der Waals surface area contributed by atoms with Crippen molar-refractivity contribution in [2.24, 2.45) is 0 Å². The lowest BCUT2D eigenvalue weighted by Gasteiger charge is -2.32. The molecule has 27 heavy (non-hydrogen) atoms. The van der Waals surface area contributed by atoms with Gasteiger partial charge in [0.2, 0.25) is 0 Å². The maximum absolute atomic E-state index is 12.7. The highest BCUT2D eigenvalue weighted by molar-refractivity contribution is 5.94. The normalized spacial score (nSPS) is 15.1. The molecule has 2 aromatic heterocycles. The van der Waals surface area contributed by atoms with Gasteiger partial charge in [0.25, 0.3) is 5.91 Å². The average Bonchev–Trinajstić information content (AvgIpc) is 3.14. The molecule has 0 N–H and O–H groups in total. The molecule has 1 fully saturated rings. The van der Waals surface area contributed by atoms with Crippen LogP contribution in [0.5, 0.6) is 0 Å². The van der Waals surface area contributed by atoms with Crippen LogP contribution < -0.4 is 0 Å². The number of benzene rings is 1. The van der Waals surface area contributed by atoms with Crippen molar-refractivity contribution < 1.29 is 9.32 Å². The van der Waals surface area contributed by atoms with E-state index in [2.05, 4.69) is 10.1 Å². The van der Waals surface area contributed by atoms with Crippen molar-refractivity contribution in [3.8, 4) is 11.3 Å². The third kappa shape index (κ3) is 3.60. The molecule has 3 aromatic rings. The van der Waals surface area contributed by atoms with Crippen LogP contribution in [0.3, 0.4) is 0 Å².